The Bertz CT molecular complexity index is 1180. The molecule has 0 atom stereocenters. The molecule has 2 heterocycles. The second kappa shape index (κ2) is 5.28. The van der Waals surface area contributed by atoms with Crippen molar-refractivity contribution in [2.75, 3.05) is 0 Å². The van der Waals surface area contributed by atoms with Crippen molar-refractivity contribution >= 4 is 22.5 Å². The van der Waals surface area contributed by atoms with Crippen molar-refractivity contribution in [3.05, 3.63) is 80.2 Å². The summed E-state index contributed by atoms with van der Waals surface area (Å²) in [5.41, 5.74) is -0.166. The molecule has 1 N–H and O–H groups in total. The topological polar surface area (TPSA) is 67.8 Å². The molecule has 0 saturated heterocycles. The Morgan fingerprint density at radius 1 is 1.08 bits per heavy atom. The summed E-state index contributed by atoms with van der Waals surface area (Å²) in [5.74, 6) is -0.334. The van der Waals surface area contributed by atoms with Crippen molar-refractivity contribution in [2.45, 2.75) is 0 Å². The highest BCUT2D eigenvalue weighted by atomic mass is 35.5. The van der Waals surface area contributed by atoms with E-state index in [2.05, 4.69) is 9.97 Å². The Hall–Kier alpha value is -2.99. The van der Waals surface area contributed by atoms with E-state index in [1.54, 1.807) is 30.3 Å². The van der Waals surface area contributed by atoms with Gasteiger partial charge in [0.15, 0.2) is 5.82 Å². The maximum Gasteiger partial charge on any atom is 0.349 e. The zero-order chi connectivity index (χ0) is 16.8. The molecular formula is C17H9ClFN3O2. The van der Waals surface area contributed by atoms with E-state index in [-0.39, 0.29) is 11.4 Å². The quantitative estimate of drug-likeness (QED) is 0.541. The van der Waals surface area contributed by atoms with E-state index in [0.29, 0.717) is 21.6 Å². The monoisotopic (exact) mass is 341 g/mol. The summed E-state index contributed by atoms with van der Waals surface area (Å²) in [6.45, 7) is 0. The number of fused-ring (bicyclic) bond motifs is 2. The molecule has 0 amide bonds. The van der Waals surface area contributed by atoms with Crippen molar-refractivity contribution in [2.24, 2.45) is 0 Å². The van der Waals surface area contributed by atoms with Crippen LogP contribution in [-0.2, 0) is 0 Å². The fourth-order valence-corrected chi connectivity index (χ4v) is 3.03. The number of hydrogen-bond donors (Lipinski definition) is 1. The minimum Gasteiger partial charge on any atom is -0.292 e. The molecule has 118 valence electrons. The average Bonchev–Trinajstić information content (AvgIpc) is 2.54. The van der Waals surface area contributed by atoms with Crippen LogP contribution in [0.2, 0.25) is 5.02 Å². The highest BCUT2D eigenvalue weighted by Gasteiger charge is 2.19. The number of aromatic amines is 1. The van der Waals surface area contributed by atoms with Crippen molar-refractivity contribution in [1.82, 2.24) is 14.5 Å². The number of pyridine rings is 1. The van der Waals surface area contributed by atoms with Gasteiger partial charge in [-0.1, -0.05) is 29.8 Å². The Morgan fingerprint density at radius 2 is 1.88 bits per heavy atom. The molecular weight excluding hydrogens is 333 g/mol. The molecule has 2 aromatic carbocycles. The Balaban J connectivity index is 2.30. The number of nitrogens with one attached hydrogen (secondary N) is 1. The van der Waals surface area contributed by atoms with Crippen molar-refractivity contribution in [3.8, 4) is 17.1 Å². The van der Waals surface area contributed by atoms with E-state index in [9.17, 15) is 14.0 Å². The largest absolute Gasteiger partial charge is 0.349 e. The first-order valence-corrected chi connectivity index (χ1v) is 7.42. The fourth-order valence-electron chi connectivity index (χ4n) is 2.76. The lowest BCUT2D eigenvalue weighted by molar-refractivity contribution is 0.626. The number of para-hydroxylation sites is 1. The number of halogens is 2. The zero-order valence-electron chi connectivity index (χ0n) is 12.1. The van der Waals surface area contributed by atoms with Gasteiger partial charge in [0.05, 0.1) is 21.8 Å². The smallest absolute Gasteiger partial charge is 0.292 e. The summed E-state index contributed by atoms with van der Waals surface area (Å²) < 4.78 is 15.2. The highest BCUT2D eigenvalue weighted by molar-refractivity contribution is 6.35. The summed E-state index contributed by atoms with van der Waals surface area (Å²) in [7, 11) is 0. The van der Waals surface area contributed by atoms with E-state index < -0.39 is 17.1 Å². The predicted octanol–water partition coefficient (Wildman–Crippen LogP) is 2.97. The fraction of sp³-hybridized carbons (Fsp3) is 0. The van der Waals surface area contributed by atoms with Crippen molar-refractivity contribution < 1.29 is 4.39 Å². The molecule has 24 heavy (non-hydrogen) atoms. The summed E-state index contributed by atoms with van der Waals surface area (Å²) in [5, 5.41) is 1.07. The Morgan fingerprint density at radius 3 is 2.67 bits per heavy atom. The molecule has 5 nitrogen and oxygen atoms in total. The van der Waals surface area contributed by atoms with Crippen LogP contribution < -0.4 is 11.2 Å². The van der Waals surface area contributed by atoms with Crippen LogP contribution >= 0.6 is 11.6 Å². The number of nitrogens with zero attached hydrogens (tertiary/aromatic N) is 2. The van der Waals surface area contributed by atoms with Crippen molar-refractivity contribution in [1.29, 1.82) is 0 Å². The first-order chi connectivity index (χ1) is 11.5. The lowest BCUT2D eigenvalue weighted by Gasteiger charge is -2.18. The molecule has 0 radical (unpaired) electrons. The molecule has 0 bridgehead atoms. The number of aromatic nitrogens is 3. The van der Waals surface area contributed by atoms with Gasteiger partial charge in [0.25, 0.3) is 5.56 Å². The SMILES string of the molecule is O=c1nc2n(-c3cccc(F)c3)c3c(Cl)cccc3cc-2c(=O)[nH]1. The van der Waals surface area contributed by atoms with Crippen LogP contribution in [0.15, 0.2) is 58.1 Å². The number of hydrogen-bond acceptors (Lipinski definition) is 3. The lowest BCUT2D eigenvalue weighted by Crippen LogP contribution is -2.27. The molecule has 0 fully saturated rings. The maximum atomic E-state index is 13.7. The minimum absolute atomic E-state index is 0.120. The predicted molar refractivity (Wildman–Crippen MR) is 89.6 cm³/mol. The van der Waals surface area contributed by atoms with E-state index in [0.717, 1.165) is 0 Å². The zero-order valence-corrected chi connectivity index (χ0v) is 12.8. The van der Waals surface area contributed by atoms with Gasteiger partial charge in [-0.2, -0.15) is 4.98 Å². The molecule has 2 aliphatic rings. The summed E-state index contributed by atoms with van der Waals surface area (Å²) in [6, 6.07) is 12.6. The van der Waals surface area contributed by atoms with Gasteiger partial charge in [-0.05, 0) is 30.3 Å². The van der Waals surface area contributed by atoms with Gasteiger partial charge >= 0.3 is 5.69 Å². The Labute approximate surface area is 139 Å². The maximum absolute atomic E-state index is 13.7. The van der Waals surface area contributed by atoms with Crippen LogP contribution in [-0.4, -0.2) is 14.5 Å². The van der Waals surface area contributed by atoms with Gasteiger partial charge in [-0.15, -0.1) is 0 Å². The summed E-state index contributed by atoms with van der Waals surface area (Å²) >= 11 is 6.33. The number of rotatable bonds is 1. The number of benzene rings is 2. The highest BCUT2D eigenvalue weighted by Crippen LogP contribution is 2.32. The summed E-state index contributed by atoms with van der Waals surface area (Å²) in [6.07, 6.45) is 0. The number of H-pyrrole nitrogens is 1. The molecule has 0 spiro atoms. The molecule has 2 aliphatic heterocycles. The van der Waals surface area contributed by atoms with Gasteiger partial charge in [0.1, 0.15) is 5.82 Å². The second-order valence-electron chi connectivity index (χ2n) is 5.25. The third-order valence-electron chi connectivity index (χ3n) is 3.73. The molecule has 0 aliphatic carbocycles. The second-order valence-corrected chi connectivity index (χ2v) is 5.65. The third-order valence-corrected chi connectivity index (χ3v) is 4.04. The van der Waals surface area contributed by atoms with E-state index >= 15 is 0 Å². The Kier molecular flexibility index (Phi) is 3.21. The van der Waals surface area contributed by atoms with Crippen LogP contribution in [0.4, 0.5) is 4.39 Å². The normalized spacial score (nSPS) is 11.2. The van der Waals surface area contributed by atoms with Crippen LogP contribution in [0.5, 0.6) is 0 Å². The van der Waals surface area contributed by atoms with Crippen LogP contribution in [0.3, 0.4) is 0 Å². The summed E-state index contributed by atoms with van der Waals surface area (Å²) in [4.78, 5) is 29.9. The van der Waals surface area contributed by atoms with Gasteiger partial charge in [0.2, 0.25) is 0 Å². The lowest BCUT2D eigenvalue weighted by atomic mass is 10.1. The van der Waals surface area contributed by atoms with E-state index in [4.69, 9.17) is 11.6 Å². The third kappa shape index (κ3) is 2.19. The van der Waals surface area contributed by atoms with Gasteiger partial charge < -0.3 is 0 Å². The van der Waals surface area contributed by atoms with Gasteiger partial charge in [-0.3, -0.25) is 14.3 Å². The van der Waals surface area contributed by atoms with E-state index in [1.165, 1.54) is 22.8 Å². The molecule has 4 rings (SSSR count). The molecule has 0 aromatic heterocycles. The standard InChI is InChI=1S/C17H9ClFN3O2/c18-13-6-1-3-9-7-12-15(20-17(24)21-16(12)23)22(14(9)13)11-5-2-4-10(19)8-11/h1-8H,(H,21,23,24). The van der Waals surface area contributed by atoms with Gasteiger partial charge in [0, 0.05) is 5.39 Å². The first kappa shape index (κ1) is 14.6. The molecule has 2 aromatic rings. The van der Waals surface area contributed by atoms with Crippen LogP contribution in [0, 0.1) is 5.82 Å². The molecule has 0 saturated carbocycles. The van der Waals surface area contributed by atoms with Gasteiger partial charge in [-0.25, -0.2) is 9.18 Å². The molecule has 7 heteroatoms. The average molecular weight is 342 g/mol. The van der Waals surface area contributed by atoms with Crippen LogP contribution in [0.1, 0.15) is 0 Å². The van der Waals surface area contributed by atoms with Crippen LogP contribution in [0.25, 0.3) is 28.0 Å². The van der Waals surface area contributed by atoms with E-state index in [1.807, 2.05) is 0 Å². The minimum atomic E-state index is -0.774. The van der Waals surface area contributed by atoms with Crippen molar-refractivity contribution in [3.63, 3.8) is 0 Å². The first-order valence-electron chi connectivity index (χ1n) is 7.05. The molecule has 0 unspecified atom stereocenters.